The fraction of sp³-hybridized carbons (Fsp3) is 0.857. The van der Waals surface area contributed by atoms with Gasteiger partial charge >= 0.3 is 5.97 Å². The summed E-state index contributed by atoms with van der Waals surface area (Å²) in [4.78, 5) is 24.9. The Morgan fingerprint density at radius 1 is 1.15 bits per heavy atom. The Kier molecular flexibility index (Phi) is 3.69. The lowest BCUT2D eigenvalue weighted by Crippen LogP contribution is -2.43. The Balaban J connectivity index is 1.60. The molecule has 3 saturated heterocycles. The number of β-amino-alcohol motifs (C(OH)–C–C–N with tert-alkyl or cyclic N) is 1. The lowest BCUT2D eigenvalue weighted by atomic mass is 9.89. The average molecular weight is 282 g/mol. The van der Waals surface area contributed by atoms with Crippen LogP contribution in [0.1, 0.15) is 38.5 Å². The number of hydrogen-bond acceptors (Lipinski definition) is 4. The normalized spacial score (nSPS) is 40.0. The molecule has 2 bridgehead atoms. The number of amides is 1. The monoisotopic (exact) mass is 282 g/mol. The fourth-order valence-corrected chi connectivity index (χ4v) is 4.03. The van der Waals surface area contributed by atoms with Crippen LogP contribution in [-0.4, -0.2) is 57.8 Å². The quantitative estimate of drug-likeness (QED) is 0.675. The predicted octanol–water partition coefficient (Wildman–Crippen LogP) is -0.0465. The summed E-state index contributed by atoms with van der Waals surface area (Å²) in [5, 5.41) is 22.3. The average Bonchev–Trinajstić information content (AvgIpc) is 2.93. The van der Waals surface area contributed by atoms with E-state index in [9.17, 15) is 14.7 Å². The Morgan fingerprint density at radius 3 is 2.40 bits per heavy atom. The number of carbonyl (C=O) groups is 2. The summed E-state index contributed by atoms with van der Waals surface area (Å²) in [6.07, 6.45) is 4.27. The van der Waals surface area contributed by atoms with Gasteiger partial charge in [-0.05, 0) is 31.6 Å². The van der Waals surface area contributed by atoms with E-state index >= 15 is 0 Å². The van der Waals surface area contributed by atoms with Gasteiger partial charge in [0, 0.05) is 31.5 Å². The van der Waals surface area contributed by atoms with Crippen LogP contribution < -0.4 is 5.32 Å². The highest BCUT2D eigenvalue weighted by Crippen LogP contribution is 2.33. The van der Waals surface area contributed by atoms with Gasteiger partial charge in [0.25, 0.3) is 0 Å². The number of carboxylic acids is 1. The van der Waals surface area contributed by atoms with Crippen LogP contribution in [-0.2, 0) is 9.59 Å². The molecule has 0 spiro atoms. The molecule has 3 aliphatic rings. The number of carboxylic acid groups (broad SMARTS) is 1. The van der Waals surface area contributed by atoms with Crippen molar-refractivity contribution in [2.75, 3.05) is 6.54 Å². The third kappa shape index (κ3) is 2.67. The highest BCUT2D eigenvalue weighted by Gasteiger charge is 2.41. The number of fused-ring (bicyclic) bond motifs is 2. The lowest BCUT2D eigenvalue weighted by Gasteiger charge is -2.30. The first-order chi connectivity index (χ1) is 9.52. The largest absolute Gasteiger partial charge is 0.480 e. The summed E-state index contributed by atoms with van der Waals surface area (Å²) < 4.78 is 0. The number of nitrogens with one attached hydrogen (secondary N) is 1. The van der Waals surface area contributed by atoms with E-state index in [4.69, 9.17) is 5.11 Å². The molecule has 112 valence electrons. The van der Waals surface area contributed by atoms with E-state index in [1.165, 1.54) is 17.7 Å². The Labute approximate surface area is 118 Å². The van der Waals surface area contributed by atoms with Gasteiger partial charge in [-0.1, -0.05) is 0 Å². The highest BCUT2D eigenvalue weighted by atomic mass is 16.4. The molecule has 1 amide bonds. The molecule has 0 aliphatic carbocycles. The summed E-state index contributed by atoms with van der Waals surface area (Å²) in [5.41, 5.74) is 0. The molecule has 4 unspecified atom stereocenters. The van der Waals surface area contributed by atoms with Crippen molar-refractivity contribution in [3.05, 3.63) is 0 Å². The maximum Gasteiger partial charge on any atom is 0.326 e. The highest BCUT2D eigenvalue weighted by molar-refractivity contribution is 5.84. The van der Waals surface area contributed by atoms with Crippen LogP contribution in [0.5, 0.6) is 0 Å². The third-order valence-corrected chi connectivity index (χ3v) is 4.92. The molecule has 4 atom stereocenters. The number of likely N-dealkylation sites (tertiary alicyclic amines) is 1. The lowest BCUT2D eigenvalue weighted by molar-refractivity contribution is -0.148. The van der Waals surface area contributed by atoms with Crippen molar-refractivity contribution in [1.29, 1.82) is 0 Å². The fourth-order valence-electron chi connectivity index (χ4n) is 4.03. The van der Waals surface area contributed by atoms with Crippen molar-refractivity contribution in [3.8, 4) is 0 Å². The molecule has 0 saturated carbocycles. The van der Waals surface area contributed by atoms with E-state index in [0.29, 0.717) is 24.4 Å². The molecule has 0 aromatic rings. The van der Waals surface area contributed by atoms with Gasteiger partial charge < -0.3 is 20.4 Å². The van der Waals surface area contributed by atoms with Gasteiger partial charge in [0.2, 0.25) is 5.91 Å². The zero-order valence-electron chi connectivity index (χ0n) is 11.5. The van der Waals surface area contributed by atoms with Gasteiger partial charge in [-0.2, -0.15) is 0 Å². The van der Waals surface area contributed by atoms with Crippen molar-refractivity contribution >= 4 is 11.9 Å². The van der Waals surface area contributed by atoms with Crippen LogP contribution in [0.2, 0.25) is 0 Å². The molecule has 3 aliphatic heterocycles. The van der Waals surface area contributed by atoms with Crippen LogP contribution in [0.4, 0.5) is 0 Å². The summed E-state index contributed by atoms with van der Waals surface area (Å²) in [7, 11) is 0. The second-order valence-electron chi connectivity index (χ2n) is 6.47. The van der Waals surface area contributed by atoms with Crippen LogP contribution >= 0.6 is 0 Å². The number of nitrogens with zero attached hydrogens (tertiary/aromatic N) is 1. The van der Waals surface area contributed by atoms with E-state index in [0.717, 1.165) is 12.8 Å². The van der Waals surface area contributed by atoms with Crippen molar-refractivity contribution in [2.24, 2.45) is 5.92 Å². The number of aliphatic hydroxyl groups excluding tert-OH is 1. The maximum absolute atomic E-state index is 12.3. The minimum Gasteiger partial charge on any atom is -0.480 e. The molecule has 3 fully saturated rings. The first-order valence-corrected chi connectivity index (χ1v) is 7.49. The zero-order valence-corrected chi connectivity index (χ0v) is 11.5. The van der Waals surface area contributed by atoms with Gasteiger partial charge in [-0.25, -0.2) is 4.79 Å². The Bertz CT molecular complexity index is 402. The van der Waals surface area contributed by atoms with Crippen LogP contribution in [0, 0.1) is 5.92 Å². The number of hydrogen-bond donors (Lipinski definition) is 3. The van der Waals surface area contributed by atoms with Crippen molar-refractivity contribution in [3.63, 3.8) is 0 Å². The maximum atomic E-state index is 12.3. The molecule has 3 heterocycles. The number of piperidine rings is 1. The summed E-state index contributed by atoms with van der Waals surface area (Å²) in [6.45, 7) is 0.160. The molecule has 3 rings (SSSR count). The standard InChI is InChI=1S/C14H22N2O4/c17-11-6-12(14(19)20)16(7-11)13(18)5-8-3-9-1-2-10(4-8)15-9/h8-12,15,17H,1-7H2,(H,19,20). The third-order valence-electron chi connectivity index (χ3n) is 4.92. The smallest absolute Gasteiger partial charge is 0.326 e. The van der Waals surface area contributed by atoms with Gasteiger partial charge in [0.05, 0.1) is 6.10 Å². The van der Waals surface area contributed by atoms with E-state index in [2.05, 4.69) is 5.32 Å². The molecular weight excluding hydrogens is 260 g/mol. The molecule has 6 nitrogen and oxygen atoms in total. The minimum atomic E-state index is -1.01. The molecule has 6 heteroatoms. The van der Waals surface area contributed by atoms with E-state index in [-0.39, 0.29) is 18.9 Å². The number of carbonyl (C=O) groups excluding carboxylic acids is 1. The van der Waals surface area contributed by atoms with Gasteiger partial charge in [-0.15, -0.1) is 0 Å². The molecule has 0 radical (unpaired) electrons. The molecule has 20 heavy (non-hydrogen) atoms. The van der Waals surface area contributed by atoms with Gasteiger partial charge in [0.1, 0.15) is 6.04 Å². The van der Waals surface area contributed by atoms with Crippen LogP contribution in [0.15, 0.2) is 0 Å². The van der Waals surface area contributed by atoms with Crippen molar-refractivity contribution in [1.82, 2.24) is 10.2 Å². The minimum absolute atomic E-state index is 0.111. The summed E-state index contributed by atoms with van der Waals surface area (Å²) in [5.74, 6) is -0.769. The van der Waals surface area contributed by atoms with E-state index < -0.39 is 18.1 Å². The number of rotatable bonds is 3. The van der Waals surface area contributed by atoms with E-state index in [1.807, 2.05) is 0 Å². The Morgan fingerprint density at radius 2 is 1.80 bits per heavy atom. The van der Waals surface area contributed by atoms with Crippen molar-refractivity contribution < 1.29 is 19.8 Å². The summed E-state index contributed by atoms with van der Waals surface area (Å²) in [6, 6.07) is 0.216. The van der Waals surface area contributed by atoms with Crippen LogP contribution in [0.3, 0.4) is 0 Å². The van der Waals surface area contributed by atoms with E-state index in [1.54, 1.807) is 0 Å². The van der Waals surface area contributed by atoms with Crippen LogP contribution in [0.25, 0.3) is 0 Å². The van der Waals surface area contributed by atoms with Crippen molar-refractivity contribution in [2.45, 2.75) is 62.8 Å². The SMILES string of the molecule is O=C(O)C1CC(O)CN1C(=O)CC1CC2CCC(C1)N2. The zero-order chi connectivity index (χ0) is 14.3. The van der Waals surface area contributed by atoms with Gasteiger partial charge in [-0.3, -0.25) is 4.79 Å². The molecule has 0 aromatic heterocycles. The number of aliphatic carboxylic acids is 1. The Hall–Kier alpha value is -1.14. The predicted molar refractivity (Wildman–Crippen MR) is 71.0 cm³/mol. The molecule has 0 aromatic carbocycles. The first kappa shape index (κ1) is 13.8. The number of aliphatic hydroxyl groups is 1. The first-order valence-electron chi connectivity index (χ1n) is 7.49. The van der Waals surface area contributed by atoms with Gasteiger partial charge in [0.15, 0.2) is 0 Å². The second-order valence-corrected chi connectivity index (χ2v) is 6.47. The second kappa shape index (κ2) is 5.33. The summed E-state index contributed by atoms with van der Waals surface area (Å²) >= 11 is 0. The topological polar surface area (TPSA) is 89.9 Å². The molecular formula is C14H22N2O4. The molecule has 3 N–H and O–H groups in total.